The van der Waals surface area contributed by atoms with E-state index in [-0.39, 0.29) is 13.2 Å². The molecule has 19 heavy (non-hydrogen) atoms. The van der Waals surface area contributed by atoms with Gasteiger partial charge >= 0.3 is 16.3 Å². The molecule has 0 aromatic heterocycles. The molecule has 0 radical (unpaired) electrons. The van der Waals surface area contributed by atoms with Crippen LogP contribution in [0.1, 0.15) is 17.9 Å². The second kappa shape index (κ2) is 7.32. The Bertz CT molecular complexity index is 507. The summed E-state index contributed by atoms with van der Waals surface area (Å²) in [6.45, 7) is 1.62. The highest BCUT2D eigenvalue weighted by atomic mass is 35.5. The molecule has 106 valence electrons. The van der Waals surface area contributed by atoms with Gasteiger partial charge in [-0.1, -0.05) is 30.3 Å². The molecular formula is C11H15ClN2O4S. The van der Waals surface area contributed by atoms with Gasteiger partial charge in [0.15, 0.2) is 0 Å². The van der Waals surface area contributed by atoms with Crippen LogP contribution in [0.15, 0.2) is 30.3 Å². The van der Waals surface area contributed by atoms with Gasteiger partial charge in [0.25, 0.3) is 0 Å². The molecule has 8 heteroatoms. The molecule has 0 spiro atoms. The molecule has 1 unspecified atom stereocenters. The SMILES string of the molecule is CCOC(=O)NS(=O)(=O)NCC(Cl)c1ccccc1. The molecule has 0 aliphatic rings. The number of carbonyl (C=O) groups is 1. The van der Waals surface area contributed by atoms with Crippen LogP contribution in [-0.4, -0.2) is 27.7 Å². The molecule has 1 aromatic rings. The summed E-state index contributed by atoms with van der Waals surface area (Å²) in [5, 5.41) is -0.528. The van der Waals surface area contributed by atoms with Crippen molar-refractivity contribution in [1.82, 2.24) is 9.44 Å². The second-order valence-corrected chi connectivity index (χ2v) is 5.58. The molecular weight excluding hydrogens is 292 g/mol. The number of nitrogens with one attached hydrogen (secondary N) is 2. The average molecular weight is 307 g/mol. The number of hydrogen-bond donors (Lipinski definition) is 2. The first-order chi connectivity index (χ1) is 8.94. The minimum Gasteiger partial charge on any atom is -0.449 e. The van der Waals surface area contributed by atoms with Gasteiger partial charge in [-0.2, -0.15) is 13.1 Å². The summed E-state index contributed by atoms with van der Waals surface area (Å²) in [6.07, 6.45) is -1.03. The fourth-order valence-corrected chi connectivity index (χ4v) is 2.32. The molecule has 0 fully saturated rings. The van der Waals surface area contributed by atoms with E-state index in [1.165, 1.54) is 0 Å². The molecule has 0 aliphatic carbocycles. The lowest BCUT2D eigenvalue weighted by atomic mass is 10.1. The first-order valence-corrected chi connectivity index (χ1v) is 7.49. The smallest absolute Gasteiger partial charge is 0.421 e. The Morgan fingerprint density at radius 2 is 2.00 bits per heavy atom. The standard InChI is InChI=1S/C11H15ClN2O4S/c1-2-18-11(15)14-19(16,17)13-8-10(12)9-6-4-3-5-7-9/h3-7,10,13H,2,8H2,1H3,(H,14,15). The van der Waals surface area contributed by atoms with Crippen molar-refractivity contribution < 1.29 is 17.9 Å². The Kier molecular flexibility index (Phi) is 6.07. The van der Waals surface area contributed by atoms with Crippen LogP contribution in [0.3, 0.4) is 0 Å². The fourth-order valence-electron chi connectivity index (χ4n) is 1.27. The van der Waals surface area contributed by atoms with Gasteiger partial charge in [-0.3, -0.25) is 0 Å². The number of benzene rings is 1. The zero-order valence-corrected chi connectivity index (χ0v) is 11.9. The molecule has 2 N–H and O–H groups in total. The maximum atomic E-state index is 11.5. The fraction of sp³-hybridized carbons (Fsp3) is 0.364. The van der Waals surface area contributed by atoms with E-state index in [9.17, 15) is 13.2 Å². The Hall–Kier alpha value is -1.31. The molecule has 1 aromatic carbocycles. The van der Waals surface area contributed by atoms with Crippen molar-refractivity contribution in [1.29, 1.82) is 0 Å². The second-order valence-electron chi connectivity index (χ2n) is 3.55. The van der Waals surface area contributed by atoms with E-state index in [0.717, 1.165) is 5.56 Å². The predicted octanol–water partition coefficient (Wildman–Crippen LogP) is 1.55. The number of carbonyl (C=O) groups excluding carboxylic acids is 1. The van der Waals surface area contributed by atoms with Crippen LogP contribution in [0, 0.1) is 0 Å². The Morgan fingerprint density at radius 1 is 1.37 bits per heavy atom. The summed E-state index contributed by atoms with van der Waals surface area (Å²) < 4.78 is 31.3. The monoisotopic (exact) mass is 306 g/mol. The van der Waals surface area contributed by atoms with Gasteiger partial charge in [0.2, 0.25) is 0 Å². The van der Waals surface area contributed by atoms with Gasteiger partial charge in [-0.15, -0.1) is 11.6 Å². The summed E-state index contributed by atoms with van der Waals surface area (Å²) in [4.78, 5) is 11.0. The molecule has 0 aliphatic heterocycles. The predicted molar refractivity (Wildman–Crippen MR) is 72.1 cm³/mol. The zero-order valence-electron chi connectivity index (χ0n) is 10.3. The highest BCUT2D eigenvalue weighted by Crippen LogP contribution is 2.18. The van der Waals surface area contributed by atoms with Gasteiger partial charge in [0.1, 0.15) is 0 Å². The summed E-state index contributed by atoms with van der Waals surface area (Å²) in [6, 6.07) is 9.00. The van der Waals surface area contributed by atoms with Gasteiger partial charge in [-0.05, 0) is 12.5 Å². The van der Waals surface area contributed by atoms with Crippen molar-refractivity contribution in [2.24, 2.45) is 0 Å². The van der Waals surface area contributed by atoms with Gasteiger partial charge in [0, 0.05) is 6.54 Å². The Labute approximate surface area is 117 Å². The third-order valence-corrected chi connectivity index (χ3v) is 3.50. The molecule has 1 atom stereocenters. The van der Waals surface area contributed by atoms with E-state index in [2.05, 4.69) is 9.46 Å². The number of hydrogen-bond acceptors (Lipinski definition) is 4. The van der Waals surface area contributed by atoms with Crippen LogP contribution in [0.2, 0.25) is 0 Å². The molecule has 1 rings (SSSR count). The summed E-state index contributed by atoms with van der Waals surface area (Å²) in [7, 11) is -3.97. The van der Waals surface area contributed by atoms with Crippen molar-refractivity contribution in [3.63, 3.8) is 0 Å². The summed E-state index contributed by atoms with van der Waals surface area (Å²) in [5.41, 5.74) is 0.781. The molecule has 6 nitrogen and oxygen atoms in total. The Morgan fingerprint density at radius 3 is 2.58 bits per heavy atom. The van der Waals surface area contributed by atoms with Crippen LogP contribution in [-0.2, 0) is 14.9 Å². The molecule has 0 saturated carbocycles. The number of amides is 1. The normalized spacial score (nSPS) is 12.7. The lowest BCUT2D eigenvalue weighted by molar-refractivity contribution is 0.158. The van der Waals surface area contributed by atoms with E-state index in [1.54, 1.807) is 35.9 Å². The van der Waals surface area contributed by atoms with Crippen LogP contribution in [0.5, 0.6) is 0 Å². The molecule has 0 bridgehead atoms. The van der Waals surface area contributed by atoms with E-state index in [4.69, 9.17) is 11.6 Å². The average Bonchev–Trinajstić information content (AvgIpc) is 2.37. The highest BCUT2D eigenvalue weighted by Gasteiger charge is 2.17. The minimum atomic E-state index is -3.97. The van der Waals surface area contributed by atoms with Crippen molar-refractivity contribution in [2.45, 2.75) is 12.3 Å². The third-order valence-electron chi connectivity index (χ3n) is 2.11. The topological polar surface area (TPSA) is 84.5 Å². The maximum absolute atomic E-state index is 11.5. The number of rotatable bonds is 6. The lowest BCUT2D eigenvalue weighted by Crippen LogP contribution is -2.41. The minimum absolute atomic E-state index is 0.0414. The third kappa shape index (κ3) is 5.91. The van der Waals surface area contributed by atoms with Crippen molar-refractivity contribution in [2.75, 3.05) is 13.2 Å². The quantitative estimate of drug-likeness (QED) is 0.781. The molecule has 0 saturated heterocycles. The first-order valence-electron chi connectivity index (χ1n) is 5.57. The van der Waals surface area contributed by atoms with Crippen molar-refractivity contribution in [3.05, 3.63) is 35.9 Å². The van der Waals surface area contributed by atoms with Crippen molar-refractivity contribution in [3.8, 4) is 0 Å². The lowest BCUT2D eigenvalue weighted by Gasteiger charge is -2.12. The number of ether oxygens (including phenoxy) is 1. The van der Waals surface area contributed by atoms with E-state index in [0.29, 0.717) is 0 Å². The van der Waals surface area contributed by atoms with E-state index >= 15 is 0 Å². The first kappa shape index (κ1) is 15.7. The van der Waals surface area contributed by atoms with Gasteiger partial charge in [-0.25, -0.2) is 9.52 Å². The maximum Gasteiger partial charge on any atom is 0.421 e. The molecule has 1 amide bonds. The van der Waals surface area contributed by atoms with Crippen LogP contribution in [0.25, 0.3) is 0 Å². The van der Waals surface area contributed by atoms with Crippen LogP contribution in [0.4, 0.5) is 4.79 Å². The zero-order chi connectivity index (χ0) is 14.3. The summed E-state index contributed by atoms with van der Waals surface area (Å²) in [5.74, 6) is 0. The van der Waals surface area contributed by atoms with Crippen LogP contribution < -0.4 is 9.44 Å². The molecule has 0 heterocycles. The highest BCUT2D eigenvalue weighted by molar-refractivity contribution is 7.88. The van der Waals surface area contributed by atoms with Crippen LogP contribution >= 0.6 is 11.6 Å². The van der Waals surface area contributed by atoms with E-state index in [1.807, 2.05) is 6.07 Å². The number of alkyl halides is 1. The Balaban J connectivity index is 2.49. The number of halogens is 1. The summed E-state index contributed by atoms with van der Waals surface area (Å²) >= 11 is 6.04. The van der Waals surface area contributed by atoms with E-state index < -0.39 is 21.7 Å². The van der Waals surface area contributed by atoms with Gasteiger partial charge in [0.05, 0.1) is 12.0 Å². The van der Waals surface area contributed by atoms with Crippen molar-refractivity contribution >= 4 is 27.9 Å². The van der Waals surface area contributed by atoms with Gasteiger partial charge < -0.3 is 4.74 Å². The largest absolute Gasteiger partial charge is 0.449 e.